The predicted molar refractivity (Wildman–Crippen MR) is 92.6 cm³/mol. The highest BCUT2D eigenvalue weighted by Gasteiger charge is 2.09. The Morgan fingerprint density at radius 3 is 2.77 bits per heavy atom. The third-order valence-electron chi connectivity index (χ3n) is 3.44. The summed E-state index contributed by atoms with van der Waals surface area (Å²) in [5.41, 5.74) is -0.172. The summed E-state index contributed by atoms with van der Waals surface area (Å²) < 4.78 is 2.18. The second kappa shape index (κ2) is 9.99. The Morgan fingerprint density at radius 1 is 1.32 bits per heavy atom. The largest absolute Gasteiger partial charge is 0.355 e. The van der Waals surface area contributed by atoms with Gasteiger partial charge in [0.05, 0.1) is 0 Å². The summed E-state index contributed by atoms with van der Waals surface area (Å²) >= 11 is 3.29. The molecule has 0 saturated carbocycles. The van der Waals surface area contributed by atoms with Crippen molar-refractivity contribution in [2.24, 2.45) is 0 Å². The molecular formula is C14H22BrClN4O2. The van der Waals surface area contributed by atoms with Gasteiger partial charge < -0.3 is 20.1 Å². The topological polar surface area (TPSA) is 66.4 Å². The smallest absolute Gasteiger partial charge is 0.251 e. The number of hydrogen-bond acceptors (Lipinski definition) is 4. The van der Waals surface area contributed by atoms with E-state index in [1.165, 1.54) is 10.6 Å². The van der Waals surface area contributed by atoms with Crippen molar-refractivity contribution >= 4 is 34.2 Å². The van der Waals surface area contributed by atoms with E-state index in [1.54, 1.807) is 12.3 Å². The minimum Gasteiger partial charge on any atom is -0.355 e. The van der Waals surface area contributed by atoms with Crippen molar-refractivity contribution in [2.75, 3.05) is 39.3 Å². The molecule has 1 saturated heterocycles. The lowest BCUT2D eigenvalue weighted by Gasteiger charge is -2.27. The van der Waals surface area contributed by atoms with Gasteiger partial charge in [-0.25, -0.2) is 0 Å². The molecule has 0 bridgehead atoms. The van der Waals surface area contributed by atoms with Gasteiger partial charge in [-0.05, 0) is 35.0 Å². The van der Waals surface area contributed by atoms with Crippen LogP contribution in [0.15, 0.2) is 27.6 Å². The zero-order valence-corrected chi connectivity index (χ0v) is 14.8. The number of aromatic nitrogens is 1. The molecule has 2 heterocycles. The van der Waals surface area contributed by atoms with E-state index in [-0.39, 0.29) is 30.4 Å². The monoisotopic (exact) mass is 392 g/mol. The van der Waals surface area contributed by atoms with E-state index < -0.39 is 0 Å². The summed E-state index contributed by atoms with van der Waals surface area (Å²) in [6.45, 7) is 5.93. The molecule has 2 rings (SSSR count). The van der Waals surface area contributed by atoms with Crippen LogP contribution < -0.4 is 16.2 Å². The number of nitrogens with one attached hydrogen (secondary N) is 2. The van der Waals surface area contributed by atoms with E-state index in [0.29, 0.717) is 6.54 Å². The fourth-order valence-corrected chi connectivity index (χ4v) is 2.68. The van der Waals surface area contributed by atoms with Crippen molar-refractivity contribution in [2.45, 2.75) is 13.0 Å². The van der Waals surface area contributed by atoms with Crippen LogP contribution in [0.5, 0.6) is 0 Å². The fraction of sp³-hybridized carbons (Fsp3) is 0.571. The second-order valence-corrected chi connectivity index (χ2v) is 6.02. The van der Waals surface area contributed by atoms with Crippen LogP contribution in [-0.4, -0.2) is 54.6 Å². The highest BCUT2D eigenvalue weighted by molar-refractivity contribution is 9.10. The van der Waals surface area contributed by atoms with Crippen LogP contribution in [0.2, 0.25) is 0 Å². The normalized spacial score (nSPS) is 15.1. The summed E-state index contributed by atoms with van der Waals surface area (Å²) in [5, 5.41) is 6.17. The summed E-state index contributed by atoms with van der Waals surface area (Å²) in [7, 11) is 0. The highest BCUT2D eigenvalue weighted by atomic mass is 79.9. The maximum atomic E-state index is 11.8. The van der Waals surface area contributed by atoms with E-state index in [9.17, 15) is 9.59 Å². The van der Waals surface area contributed by atoms with Gasteiger partial charge in [0.1, 0.15) is 6.54 Å². The minimum absolute atomic E-state index is 0. The Hall–Kier alpha value is -0.890. The lowest BCUT2D eigenvalue weighted by molar-refractivity contribution is -0.121. The molecule has 0 aliphatic carbocycles. The molecule has 1 aromatic rings. The Morgan fingerprint density at radius 2 is 2.05 bits per heavy atom. The number of piperazine rings is 1. The molecule has 124 valence electrons. The van der Waals surface area contributed by atoms with Gasteiger partial charge in [-0.15, -0.1) is 12.4 Å². The quantitative estimate of drug-likeness (QED) is 0.689. The van der Waals surface area contributed by atoms with E-state index >= 15 is 0 Å². The van der Waals surface area contributed by atoms with Crippen molar-refractivity contribution in [3.63, 3.8) is 0 Å². The maximum Gasteiger partial charge on any atom is 0.251 e. The van der Waals surface area contributed by atoms with Crippen molar-refractivity contribution in [3.8, 4) is 0 Å². The third kappa shape index (κ3) is 6.48. The van der Waals surface area contributed by atoms with Gasteiger partial charge in [0.25, 0.3) is 5.56 Å². The number of hydrogen-bond donors (Lipinski definition) is 2. The summed E-state index contributed by atoms with van der Waals surface area (Å²) in [6.07, 6.45) is 2.56. The molecule has 1 aromatic heterocycles. The first-order valence-corrected chi connectivity index (χ1v) is 8.00. The molecule has 0 spiro atoms. The molecule has 1 aliphatic rings. The van der Waals surface area contributed by atoms with Crippen molar-refractivity contribution in [3.05, 3.63) is 33.2 Å². The van der Waals surface area contributed by atoms with Gasteiger partial charge in [-0.3, -0.25) is 9.59 Å². The number of carbonyl (C=O) groups is 1. The number of nitrogens with zero attached hydrogens (tertiary/aromatic N) is 2. The zero-order chi connectivity index (χ0) is 15.1. The summed E-state index contributed by atoms with van der Waals surface area (Å²) in [6, 6.07) is 3.12. The Labute approximate surface area is 144 Å². The van der Waals surface area contributed by atoms with Gasteiger partial charge >= 0.3 is 0 Å². The molecule has 8 heteroatoms. The van der Waals surface area contributed by atoms with Crippen LogP contribution in [0.25, 0.3) is 0 Å². The Bertz CT molecular complexity index is 532. The van der Waals surface area contributed by atoms with Crippen LogP contribution in [0, 0.1) is 0 Å². The number of rotatable bonds is 6. The standard InChI is InChI=1S/C14H21BrN4O2.ClH/c15-12-2-3-14(21)19(10-12)11-13(20)17-4-1-7-18-8-5-16-6-9-18;/h2-3,10,16H,1,4-9,11H2,(H,17,20);1H. The first kappa shape index (κ1) is 19.2. The second-order valence-electron chi connectivity index (χ2n) is 5.11. The van der Waals surface area contributed by atoms with Gasteiger partial charge in [0, 0.05) is 49.5 Å². The molecule has 0 radical (unpaired) electrons. The minimum atomic E-state index is -0.172. The molecule has 1 fully saturated rings. The summed E-state index contributed by atoms with van der Waals surface area (Å²) in [4.78, 5) is 25.8. The van der Waals surface area contributed by atoms with Crippen LogP contribution >= 0.6 is 28.3 Å². The highest BCUT2D eigenvalue weighted by Crippen LogP contribution is 2.04. The van der Waals surface area contributed by atoms with Crippen molar-refractivity contribution < 1.29 is 4.79 Å². The van der Waals surface area contributed by atoms with Gasteiger partial charge in [0.2, 0.25) is 5.91 Å². The lowest BCUT2D eigenvalue weighted by atomic mass is 10.3. The maximum absolute atomic E-state index is 11.8. The number of pyridine rings is 1. The average Bonchev–Trinajstić information content (AvgIpc) is 2.48. The fourth-order valence-electron chi connectivity index (χ4n) is 2.30. The van der Waals surface area contributed by atoms with Crippen LogP contribution in [0.1, 0.15) is 6.42 Å². The molecular weight excluding hydrogens is 372 g/mol. The molecule has 6 nitrogen and oxygen atoms in total. The van der Waals surface area contributed by atoms with E-state index in [1.807, 2.05) is 0 Å². The SMILES string of the molecule is Cl.O=C(Cn1cc(Br)ccc1=O)NCCCN1CCNCC1. The predicted octanol–water partition coefficient (Wildman–Crippen LogP) is 0.444. The van der Waals surface area contributed by atoms with Gasteiger partial charge in [-0.2, -0.15) is 0 Å². The molecule has 0 atom stereocenters. The molecule has 1 amide bonds. The summed E-state index contributed by atoms with van der Waals surface area (Å²) in [5.74, 6) is -0.129. The van der Waals surface area contributed by atoms with Gasteiger partial charge in [-0.1, -0.05) is 0 Å². The van der Waals surface area contributed by atoms with Crippen LogP contribution in [0.3, 0.4) is 0 Å². The van der Waals surface area contributed by atoms with Crippen molar-refractivity contribution in [1.82, 2.24) is 20.1 Å². The molecule has 0 aromatic carbocycles. The Kier molecular flexibility index (Phi) is 8.70. The lowest BCUT2D eigenvalue weighted by Crippen LogP contribution is -2.44. The number of carbonyl (C=O) groups excluding carboxylic acids is 1. The van der Waals surface area contributed by atoms with Gasteiger partial charge in [0.15, 0.2) is 0 Å². The average molecular weight is 394 g/mol. The first-order chi connectivity index (χ1) is 10.1. The van der Waals surface area contributed by atoms with Crippen LogP contribution in [0.4, 0.5) is 0 Å². The number of amides is 1. The van der Waals surface area contributed by atoms with E-state index in [2.05, 4.69) is 31.5 Å². The van der Waals surface area contributed by atoms with Crippen molar-refractivity contribution in [1.29, 1.82) is 0 Å². The zero-order valence-electron chi connectivity index (χ0n) is 12.4. The number of halogens is 2. The van der Waals surface area contributed by atoms with E-state index in [4.69, 9.17) is 0 Å². The van der Waals surface area contributed by atoms with Crippen LogP contribution in [-0.2, 0) is 11.3 Å². The first-order valence-electron chi connectivity index (χ1n) is 7.21. The molecule has 2 N–H and O–H groups in total. The Balaban J connectivity index is 0.00000242. The molecule has 22 heavy (non-hydrogen) atoms. The van der Waals surface area contributed by atoms with E-state index in [0.717, 1.165) is 43.6 Å². The molecule has 0 unspecified atom stereocenters. The molecule has 1 aliphatic heterocycles. The third-order valence-corrected chi connectivity index (χ3v) is 3.91.